The van der Waals surface area contributed by atoms with Crippen LogP contribution in [-0.4, -0.2) is 26.3 Å². The van der Waals surface area contributed by atoms with Crippen molar-refractivity contribution in [2.24, 2.45) is 17.8 Å². The van der Waals surface area contributed by atoms with E-state index < -0.39 is 5.54 Å². The second-order valence-corrected chi connectivity index (χ2v) is 8.60. The first-order valence-electron chi connectivity index (χ1n) is 9.48. The molecule has 3 heterocycles. The van der Waals surface area contributed by atoms with Crippen molar-refractivity contribution in [1.82, 2.24) is 14.5 Å². The molecule has 0 fully saturated rings. The lowest BCUT2D eigenvalue weighted by Crippen LogP contribution is -2.49. The minimum Gasteiger partial charge on any atom is -0.369 e. The van der Waals surface area contributed by atoms with Crippen LogP contribution in [-0.2, 0) is 23.9 Å². The molecule has 2 aromatic heterocycles. The Labute approximate surface area is 172 Å². The van der Waals surface area contributed by atoms with E-state index in [1.165, 1.54) is 9.60 Å². The zero-order valence-corrected chi connectivity index (χ0v) is 17.1. The molecule has 0 unspecified atom stereocenters. The van der Waals surface area contributed by atoms with Crippen molar-refractivity contribution in [3.63, 3.8) is 0 Å². The van der Waals surface area contributed by atoms with E-state index in [0.717, 1.165) is 27.8 Å². The van der Waals surface area contributed by atoms with Crippen molar-refractivity contribution < 1.29 is 4.79 Å². The van der Waals surface area contributed by atoms with Crippen LogP contribution >= 0.6 is 11.3 Å². The monoisotopic (exact) mass is 403 g/mol. The van der Waals surface area contributed by atoms with Gasteiger partial charge in [-0.3, -0.25) is 9.69 Å². The minimum atomic E-state index is -0.667. The van der Waals surface area contributed by atoms with Crippen LogP contribution in [0, 0.1) is 0 Å². The molecule has 0 aliphatic carbocycles. The van der Waals surface area contributed by atoms with E-state index in [4.69, 9.17) is 10.7 Å². The minimum absolute atomic E-state index is 0.0440. The summed E-state index contributed by atoms with van der Waals surface area (Å²) in [4.78, 5) is 24.0. The standard InChI is InChI=1S/C22H21N5OS/c1-22(15-7-8-18-14(11-15)9-10-29-18)12-20(28)27(21(23)25-22)13-19-24-16-5-3-4-6-17(16)26(19)2/h3-11H,12-13H2,1-2H3,(H2,23,25)/t22-/m0/s1. The van der Waals surface area contributed by atoms with E-state index in [-0.39, 0.29) is 18.3 Å². The third kappa shape index (κ3) is 2.89. The van der Waals surface area contributed by atoms with E-state index in [0.29, 0.717) is 6.54 Å². The van der Waals surface area contributed by atoms with Gasteiger partial charge < -0.3 is 10.3 Å². The van der Waals surface area contributed by atoms with Gasteiger partial charge in [-0.15, -0.1) is 11.3 Å². The first kappa shape index (κ1) is 17.9. The van der Waals surface area contributed by atoms with Gasteiger partial charge in [-0.1, -0.05) is 18.2 Å². The SMILES string of the molecule is Cn1c(CN2C(=O)C[C@@](C)(c3ccc4sccc4c3)N=C2N)nc2ccccc21. The van der Waals surface area contributed by atoms with Crippen molar-refractivity contribution in [1.29, 1.82) is 0 Å². The van der Waals surface area contributed by atoms with E-state index in [1.54, 1.807) is 11.3 Å². The van der Waals surface area contributed by atoms with E-state index >= 15 is 0 Å². The highest BCUT2D eigenvalue weighted by Crippen LogP contribution is 2.36. The van der Waals surface area contributed by atoms with Gasteiger partial charge >= 0.3 is 0 Å². The summed E-state index contributed by atoms with van der Waals surface area (Å²) in [5.74, 6) is 0.972. The van der Waals surface area contributed by atoms with Crippen LogP contribution in [0.1, 0.15) is 24.7 Å². The van der Waals surface area contributed by atoms with Crippen LogP contribution in [0.4, 0.5) is 0 Å². The third-order valence-corrected chi connectivity index (χ3v) is 6.59. The maximum atomic E-state index is 13.1. The number of nitrogens with zero attached hydrogens (tertiary/aromatic N) is 4. The predicted molar refractivity (Wildman–Crippen MR) is 117 cm³/mol. The van der Waals surface area contributed by atoms with Gasteiger partial charge in [0.05, 0.1) is 29.5 Å². The molecule has 6 nitrogen and oxygen atoms in total. The lowest BCUT2D eigenvalue weighted by Gasteiger charge is -2.35. The van der Waals surface area contributed by atoms with Crippen LogP contribution < -0.4 is 5.73 Å². The maximum absolute atomic E-state index is 13.1. The number of aliphatic imine (C=N–C) groups is 1. The number of imidazole rings is 1. The molecular formula is C22H21N5OS. The van der Waals surface area contributed by atoms with Gasteiger partial charge in [-0.05, 0) is 53.6 Å². The first-order valence-corrected chi connectivity index (χ1v) is 10.4. The molecule has 0 radical (unpaired) electrons. The summed E-state index contributed by atoms with van der Waals surface area (Å²) in [5.41, 5.74) is 8.55. The molecule has 1 atom stereocenters. The Morgan fingerprint density at radius 1 is 1.21 bits per heavy atom. The van der Waals surface area contributed by atoms with Gasteiger partial charge in [0.15, 0.2) is 5.96 Å². The van der Waals surface area contributed by atoms with Crippen molar-refractivity contribution in [2.75, 3.05) is 0 Å². The molecule has 2 aromatic carbocycles. The normalized spacial score (nSPS) is 19.9. The Kier molecular flexibility index (Phi) is 3.96. The average Bonchev–Trinajstić information content (AvgIpc) is 3.29. The number of amides is 1. The highest BCUT2D eigenvalue weighted by molar-refractivity contribution is 7.17. The molecule has 5 rings (SSSR count). The summed E-state index contributed by atoms with van der Waals surface area (Å²) in [7, 11) is 1.95. The van der Waals surface area contributed by atoms with Gasteiger partial charge in [0.25, 0.3) is 0 Å². The number of nitrogens with two attached hydrogens (primary N) is 1. The number of carbonyl (C=O) groups is 1. The maximum Gasteiger partial charge on any atom is 0.232 e. The molecule has 2 N–H and O–H groups in total. The van der Waals surface area contributed by atoms with E-state index in [2.05, 4.69) is 28.6 Å². The summed E-state index contributed by atoms with van der Waals surface area (Å²) < 4.78 is 3.22. The highest BCUT2D eigenvalue weighted by atomic mass is 32.1. The summed E-state index contributed by atoms with van der Waals surface area (Å²) in [6.07, 6.45) is 0.271. The van der Waals surface area contributed by atoms with Crippen LogP contribution in [0.25, 0.3) is 21.1 Å². The lowest BCUT2D eigenvalue weighted by atomic mass is 9.87. The number of para-hydroxylation sites is 2. The molecule has 146 valence electrons. The van der Waals surface area contributed by atoms with Crippen LogP contribution in [0.5, 0.6) is 0 Å². The number of hydrogen-bond acceptors (Lipinski definition) is 5. The number of carbonyl (C=O) groups excluding carboxylic acids is 1. The molecule has 0 saturated heterocycles. The predicted octanol–water partition coefficient (Wildman–Crippen LogP) is 3.75. The molecule has 29 heavy (non-hydrogen) atoms. The highest BCUT2D eigenvalue weighted by Gasteiger charge is 2.38. The number of guanidine groups is 1. The Morgan fingerprint density at radius 2 is 2.03 bits per heavy atom. The van der Waals surface area contributed by atoms with Gasteiger partial charge in [0.1, 0.15) is 5.82 Å². The van der Waals surface area contributed by atoms with E-state index in [9.17, 15) is 4.79 Å². The molecule has 0 spiro atoms. The second kappa shape index (κ2) is 6.42. The molecule has 1 aliphatic rings. The quantitative estimate of drug-likeness (QED) is 0.566. The van der Waals surface area contributed by atoms with Crippen LogP contribution in [0.3, 0.4) is 0 Å². The Bertz CT molecular complexity index is 1290. The molecule has 7 heteroatoms. The van der Waals surface area contributed by atoms with Crippen molar-refractivity contribution in [3.8, 4) is 0 Å². The fourth-order valence-electron chi connectivity index (χ4n) is 3.99. The summed E-state index contributed by atoms with van der Waals surface area (Å²) in [5, 5.41) is 3.23. The zero-order valence-electron chi connectivity index (χ0n) is 16.3. The molecule has 0 bridgehead atoms. The Morgan fingerprint density at radius 3 is 2.83 bits per heavy atom. The van der Waals surface area contributed by atoms with Gasteiger partial charge in [0.2, 0.25) is 5.91 Å². The van der Waals surface area contributed by atoms with Gasteiger partial charge in [-0.2, -0.15) is 0 Å². The Balaban J connectivity index is 1.49. The topological polar surface area (TPSA) is 76.5 Å². The van der Waals surface area contributed by atoms with Crippen molar-refractivity contribution in [3.05, 3.63) is 65.3 Å². The van der Waals surface area contributed by atoms with Gasteiger partial charge in [0, 0.05) is 11.7 Å². The summed E-state index contributed by atoms with van der Waals surface area (Å²) >= 11 is 1.70. The largest absolute Gasteiger partial charge is 0.369 e. The number of fused-ring (bicyclic) bond motifs is 2. The smallest absolute Gasteiger partial charge is 0.232 e. The van der Waals surface area contributed by atoms with E-state index in [1.807, 2.05) is 48.9 Å². The first-order chi connectivity index (χ1) is 13.9. The third-order valence-electron chi connectivity index (χ3n) is 5.69. The number of benzene rings is 2. The zero-order chi connectivity index (χ0) is 20.2. The molecule has 4 aromatic rings. The lowest BCUT2D eigenvalue weighted by molar-refractivity contribution is -0.130. The van der Waals surface area contributed by atoms with Crippen LogP contribution in [0.15, 0.2) is 58.9 Å². The Hall–Kier alpha value is -3.19. The van der Waals surface area contributed by atoms with Crippen molar-refractivity contribution in [2.45, 2.75) is 25.4 Å². The molecular weight excluding hydrogens is 382 g/mol. The number of thiophene rings is 1. The summed E-state index contributed by atoms with van der Waals surface area (Å²) in [6, 6.07) is 16.2. The molecule has 1 aliphatic heterocycles. The van der Waals surface area contributed by atoms with Crippen LogP contribution in [0.2, 0.25) is 0 Å². The number of aryl methyl sites for hydroxylation is 1. The molecule has 0 saturated carbocycles. The summed E-state index contributed by atoms with van der Waals surface area (Å²) in [6.45, 7) is 2.27. The fraction of sp³-hybridized carbons (Fsp3) is 0.227. The van der Waals surface area contributed by atoms with Crippen molar-refractivity contribution >= 4 is 44.3 Å². The number of hydrogen-bond donors (Lipinski definition) is 1. The van der Waals surface area contributed by atoms with Gasteiger partial charge in [-0.25, -0.2) is 9.98 Å². The fourth-order valence-corrected chi connectivity index (χ4v) is 4.76. The second-order valence-electron chi connectivity index (χ2n) is 7.65. The number of aromatic nitrogens is 2. The number of rotatable bonds is 3. The molecule has 1 amide bonds. The average molecular weight is 404 g/mol.